The monoisotopic (exact) mass is 289 g/mol. The van der Waals surface area contributed by atoms with Gasteiger partial charge in [-0.25, -0.2) is 9.97 Å². The number of rotatable bonds is 3. The van der Waals surface area contributed by atoms with Gasteiger partial charge in [0, 0.05) is 25.8 Å². The summed E-state index contributed by atoms with van der Waals surface area (Å²) in [6.07, 6.45) is 3.81. The maximum atomic E-state index is 12.6. The molecule has 2 aromatic rings. The molecule has 0 saturated carbocycles. The van der Waals surface area contributed by atoms with Crippen LogP contribution in [0, 0.1) is 13.8 Å². The van der Waals surface area contributed by atoms with Crippen LogP contribution >= 0.6 is 0 Å². The lowest BCUT2D eigenvalue weighted by molar-refractivity contribution is 0.0679. The Balaban J connectivity index is 1.91. The predicted molar refractivity (Wildman–Crippen MR) is 75.8 cm³/mol. The summed E-state index contributed by atoms with van der Waals surface area (Å²) in [5.74, 6) is 0.737. The second-order valence-electron chi connectivity index (χ2n) is 5.36. The Morgan fingerprint density at radius 2 is 2.29 bits per heavy atom. The highest BCUT2D eigenvalue weighted by atomic mass is 16.5. The van der Waals surface area contributed by atoms with Crippen LogP contribution in [0.2, 0.25) is 0 Å². The van der Waals surface area contributed by atoms with Gasteiger partial charge < -0.3 is 19.6 Å². The van der Waals surface area contributed by atoms with Crippen LogP contribution < -0.4 is 0 Å². The molecular formula is C14H19N5O2. The first-order valence-corrected chi connectivity index (χ1v) is 6.95. The minimum absolute atomic E-state index is 0.0209. The van der Waals surface area contributed by atoms with E-state index in [-0.39, 0.29) is 18.1 Å². The van der Waals surface area contributed by atoms with E-state index in [0.717, 1.165) is 23.6 Å². The molecule has 21 heavy (non-hydrogen) atoms. The molecule has 0 aliphatic carbocycles. The molecule has 1 aliphatic rings. The van der Waals surface area contributed by atoms with Crippen LogP contribution in [0.25, 0.3) is 0 Å². The molecule has 2 aromatic heterocycles. The summed E-state index contributed by atoms with van der Waals surface area (Å²) in [5, 5.41) is 0. The maximum Gasteiger partial charge on any atom is 0.272 e. The van der Waals surface area contributed by atoms with Gasteiger partial charge in [0.25, 0.3) is 5.91 Å². The van der Waals surface area contributed by atoms with Crippen LogP contribution in [0.1, 0.15) is 40.2 Å². The van der Waals surface area contributed by atoms with E-state index in [1.54, 1.807) is 12.0 Å². The fourth-order valence-electron chi connectivity index (χ4n) is 2.71. The molecule has 3 heterocycles. The summed E-state index contributed by atoms with van der Waals surface area (Å²) in [7, 11) is 1.67. The quantitative estimate of drug-likeness (QED) is 0.893. The average Bonchev–Trinajstić information content (AvgIpc) is 3.18. The van der Waals surface area contributed by atoms with E-state index in [1.165, 1.54) is 12.5 Å². The fraction of sp³-hybridized carbons (Fsp3) is 0.500. The Labute approximate surface area is 122 Å². The van der Waals surface area contributed by atoms with Crippen molar-refractivity contribution in [3.63, 3.8) is 0 Å². The van der Waals surface area contributed by atoms with Gasteiger partial charge in [-0.15, -0.1) is 0 Å². The Morgan fingerprint density at radius 3 is 2.86 bits per heavy atom. The van der Waals surface area contributed by atoms with Gasteiger partial charge in [-0.2, -0.15) is 0 Å². The van der Waals surface area contributed by atoms with E-state index in [1.807, 2.05) is 13.8 Å². The van der Waals surface area contributed by atoms with Crippen molar-refractivity contribution in [3.05, 3.63) is 35.4 Å². The van der Waals surface area contributed by atoms with E-state index in [9.17, 15) is 4.79 Å². The zero-order valence-corrected chi connectivity index (χ0v) is 12.4. The number of hydrogen-bond donors (Lipinski definition) is 2. The zero-order valence-electron chi connectivity index (χ0n) is 12.4. The zero-order chi connectivity index (χ0) is 15.0. The first kappa shape index (κ1) is 13.8. The SMILES string of the molecule is CO[C@@H]1C[C@@H](c2nc(C)c(C)[nH]2)N(C(=O)c2cnc[nH]2)C1. The molecule has 1 aliphatic heterocycles. The Morgan fingerprint density at radius 1 is 1.48 bits per heavy atom. The van der Waals surface area contributed by atoms with Crippen molar-refractivity contribution >= 4 is 5.91 Å². The summed E-state index contributed by atoms with van der Waals surface area (Å²) in [5.41, 5.74) is 2.47. The van der Waals surface area contributed by atoms with Crippen molar-refractivity contribution in [1.82, 2.24) is 24.8 Å². The van der Waals surface area contributed by atoms with Crippen molar-refractivity contribution < 1.29 is 9.53 Å². The number of methoxy groups -OCH3 is 1. The van der Waals surface area contributed by atoms with Gasteiger partial charge in [0.05, 0.1) is 30.4 Å². The first-order valence-electron chi connectivity index (χ1n) is 6.95. The lowest BCUT2D eigenvalue weighted by atomic mass is 10.2. The minimum atomic E-state index is -0.0989. The number of aromatic amines is 2. The number of amides is 1. The number of imidazole rings is 2. The van der Waals surface area contributed by atoms with E-state index in [2.05, 4.69) is 19.9 Å². The average molecular weight is 289 g/mol. The van der Waals surface area contributed by atoms with Crippen LogP contribution in [-0.4, -0.2) is 50.5 Å². The van der Waals surface area contributed by atoms with Gasteiger partial charge in [0.15, 0.2) is 0 Å². The number of likely N-dealkylation sites (tertiary alicyclic amines) is 1. The lowest BCUT2D eigenvalue weighted by Gasteiger charge is -2.22. The maximum absolute atomic E-state index is 12.6. The number of nitrogens with zero attached hydrogens (tertiary/aromatic N) is 3. The van der Waals surface area contributed by atoms with Gasteiger partial charge >= 0.3 is 0 Å². The smallest absolute Gasteiger partial charge is 0.272 e. The van der Waals surface area contributed by atoms with Crippen LogP contribution in [0.3, 0.4) is 0 Å². The molecule has 2 N–H and O–H groups in total. The van der Waals surface area contributed by atoms with E-state index in [4.69, 9.17) is 4.74 Å². The Bertz CT molecular complexity index is 614. The number of carbonyl (C=O) groups is 1. The van der Waals surface area contributed by atoms with Crippen molar-refractivity contribution in [2.24, 2.45) is 0 Å². The summed E-state index contributed by atoms with van der Waals surface area (Å²) < 4.78 is 5.44. The number of carbonyl (C=O) groups excluding carboxylic acids is 1. The molecule has 0 spiro atoms. The number of hydrogen-bond acceptors (Lipinski definition) is 4. The van der Waals surface area contributed by atoms with Crippen LogP contribution in [-0.2, 0) is 4.74 Å². The van der Waals surface area contributed by atoms with Crippen molar-refractivity contribution in [3.8, 4) is 0 Å². The highest BCUT2D eigenvalue weighted by Crippen LogP contribution is 2.33. The molecular weight excluding hydrogens is 270 g/mol. The Hall–Kier alpha value is -2.15. The van der Waals surface area contributed by atoms with Gasteiger partial charge in [0.2, 0.25) is 0 Å². The lowest BCUT2D eigenvalue weighted by Crippen LogP contribution is -2.32. The molecule has 7 nitrogen and oxygen atoms in total. The van der Waals surface area contributed by atoms with Gasteiger partial charge in [-0.05, 0) is 13.8 Å². The standard InChI is InChI=1S/C14H19N5O2/c1-8-9(2)18-13(17-8)12-4-10(21-3)6-19(12)14(20)11-5-15-7-16-11/h5,7,10,12H,4,6H2,1-3H3,(H,15,16)(H,17,18)/t10-,12+/m1/s1. The third-order valence-corrected chi connectivity index (χ3v) is 4.05. The first-order chi connectivity index (χ1) is 10.1. The fourth-order valence-corrected chi connectivity index (χ4v) is 2.71. The molecule has 2 atom stereocenters. The van der Waals surface area contributed by atoms with Crippen LogP contribution in [0.5, 0.6) is 0 Å². The van der Waals surface area contributed by atoms with Gasteiger partial charge in [-0.1, -0.05) is 0 Å². The number of H-pyrrole nitrogens is 2. The summed E-state index contributed by atoms with van der Waals surface area (Å²) in [4.78, 5) is 29.0. The Kier molecular flexibility index (Phi) is 3.50. The molecule has 1 saturated heterocycles. The van der Waals surface area contributed by atoms with E-state index < -0.39 is 0 Å². The largest absolute Gasteiger partial charge is 0.380 e. The molecule has 7 heteroatoms. The molecule has 0 radical (unpaired) electrons. The highest BCUT2D eigenvalue weighted by molar-refractivity contribution is 5.92. The third kappa shape index (κ3) is 2.44. The molecule has 112 valence electrons. The second kappa shape index (κ2) is 5.33. The predicted octanol–water partition coefficient (Wildman–Crippen LogP) is 1.35. The molecule has 0 unspecified atom stereocenters. The van der Waals surface area contributed by atoms with Gasteiger partial charge in [-0.3, -0.25) is 4.79 Å². The van der Waals surface area contributed by atoms with Crippen LogP contribution in [0.4, 0.5) is 0 Å². The summed E-state index contributed by atoms with van der Waals surface area (Å²) in [6.45, 7) is 4.49. The number of aromatic nitrogens is 4. The highest BCUT2D eigenvalue weighted by Gasteiger charge is 2.38. The molecule has 1 fully saturated rings. The van der Waals surface area contributed by atoms with Crippen molar-refractivity contribution in [2.75, 3.05) is 13.7 Å². The molecule has 3 rings (SSSR count). The minimum Gasteiger partial charge on any atom is -0.380 e. The van der Waals surface area contributed by atoms with E-state index in [0.29, 0.717) is 12.2 Å². The number of nitrogens with one attached hydrogen (secondary N) is 2. The van der Waals surface area contributed by atoms with Crippen molar-refractivity contribution in [2.45, 2.75) is 32.4 Å². The molecule has 1 amide bonds. The summed E-state index contributed by atoms with van der Waals surface area (Å²) >= 11 is 0. The van der Waals surface area contributed by atoms with Gasteiger partial charge in [0.1, 0.15) is 11.5 Å². The molecule has 0 bridgehead atoms. The second-order valence-corrected chi connectivity index (χ2v) is 5.36. The van der Waals surface area contributed by atoms with Crippen molar-refractivity contribution in [1.29, 1.82) is 0 Å². The third-order valence-electron chi connectivity index (χ3n) is 4.05. The normalized spacial score (nSPS) is 22.0. The topological polar surface area (TPSA) is 86.9 Å². The summed E-state index contributed by atoms with van der Waals surface area (Å²) in [6, 6.07) is -0.0989. The number of aryl methyl sites for hydroxylation is 2. The van der Waals surface area contributed by atoms with E-state index >= 15 is 0 Å². The molecule has 0 aromatic carbocycles. The number of ether oxygens (including phenoxy) is 1. The van der Waals surface area contributed by atoms with Crippen LogP contribution in [0.15, 0.2) is 12.5 Å².